The van der Waals surface area contributed by atoms with E-state index in [1.165, 1.54) is 12.1 Å². The van der Waals surface area contributed by atoms with E-state index in [1.807, 2.05) is 30.6 Å². The molecule has 0 aromatic carbocycles. The minimum absolute atomic E-state index is 0.261. The average Bonchev–Trinajstić information content (AvgIpc) is 2.97. The van der Waals surface area contributed by atoms with E-state index in [4.69, 9.17) is 0 Å². The number of aliphatic hydroxyl groups is 1. The molecule has 2 aromatic heterocycles. The van der Waals surface area contributed by atoms with Crippen LogP contribution in [0.15, 0.2) is 30.6 Å². The molecule has 0 radical (unpaired) electrons. The second-order valence-corrected chi connectivity index (χ2v) is 4.63. The van der Waals surface area contributed by atoms with Crippen LogP contribution in [0.25, 0.3) is 5.65 Å². The van der Waals surface area contributed by atoms with E-state index in [1.54, 1.807) is 0 Å². The summed E-state index contributed by atoms with van der Waals surface area (Å²) in [6.07, 6.45) is 6.26. The Bertz CT molecular complexity index is 508. The van der Waals surface area contributed by atoms with Crippen molar-refractivity contribution in [3.05, 3.63) is 36.3 Å². The van der Waals surface area contributed by atoms with E-state index in [2.05, 4.69) is 14.3 Å². The van der Waals surface area contributed by atoms with Crippen molar-refractivity contribution in [2.75, 3.05) is 13.2 Å². The van der Waals surface area contributed by atoms with Crippen LogP contribution in [0, 0.1) is 0 Å². The normalized spacial score (nSPS) is 21.4. The van der Waals surface area contributed by atoms with Crippen LogP contribution in [0.4, 0.5) is 0 Å². The Morgan fingerprint density at radius 2 is 2.35 bits per heavy atom. The van der Waals surface area contributed by atoms with E-state index >= 15 is 0 Å². The highest BCUT2D eigenvalue weighted by atomic mass is 16.3. The maximum atomic E-state index is 9.31. The third-order valence-corrected chi connectivity index (χ3v) is 3.57. The van der Waals surface area contributed by atoms with Crippen molar-refractivity contribution in [2.24, 2.45) is 0 Å². The van der Waals surface area contributed by atoms with Gasteiger partial charge in [-0.1, -0.05) is 6.07 Å². The first-order valence-corrected chi connectivity index (χ1v) is 6.14. The maximum absolute atomic E-state index is 9.31. The standard InChI is InChI=1S/C13H17N3O/c17-10-11-4-3-6-15(11)9-12-8-14-13-5-1-2-7-16(12)13/h1-2,5,7-8,11,17H,3-4,6,9-10H2/t11-/m1/s1. The van der Waals surface area contributed by atoms with Crippen molar-refractivity contribution < 1.29 is 5.11 Å². The average molecular weight is 231 g/mol. The molecular formula is C13H17N3O. The number of hydrogen-bond acceptors (Lipinski definition) is 3. The fourth-order valence-electron chi connectivity index (χ4n) is 2.62. The SMILES string of the molecule is OC[C@H]1CCCN1Cc1cnc2ccccn12. The van der Waals surface area contributed by atoms with E-state index in [0.29, 0.717) is 6.04 Å². The van der Waals surface area contributed by atoms with Crippen LogP contribution in [-0.2, 0) is 6.54 Å². The lowest BCUT2D eigenvalue weighted by molar-refractivity contribution is 0.152. The number of aromatic nitrogens is 2. The van der Waals surface area contributed by atoms with Crippen molar-refractivity contribution >= 4 is 5.65 Å². The topological polar surface area (TPSA) is 40.8 Å². The molecule has 1 aliphatic heterocycles. The van der Waals surface area contributed by atoms with Crippen molar-refractivity contribution in [1.82, 2.24) is 14.3 Å². The highest BCUT2D eigenvalue weighted by Gasteiger charge is 2.24. The summed E-state index contributed by atoms with van der Waals surface area (Å²) in [4.78, 5) is 6.73. The predicted molar refractivity (Wildman–Crippen MR) is 65.7 cm³/mol. The second kappa shape index (κ2) is 4.47. The number of pyridine rings is 1. The molecule has 0 unspecified atom stereocenters. The molecule has 4 heteroatoms. The van der Waals surface area contributed by atoms with Crippen LogP contribution >= 0.6 is 0 Å². The van der Waals surface area contributed by atoms with Gasteiger partial charge in [0.25, 0.3) is 0 Å². The summed E-state index contributed by atoms with van der Waals surface area (Å²) >= 11 is 0. The summed E-state index contributed by atoms with van der Waals surface area (Å²) in [5, 5.41) is 9.31. The molecule has 1 fully saturated rings. The van der Waals surface area contributed by atoms with Gasteiger partial charge in [-0.05, 0) is 31.5 Å². The predicted octanol–water partition coefficient (Wildman–Crippen LogP) is 1.29. The Hall–Kier alpha value is -1.39. The minimum Gasteiger partial charge on any atom is -0.395 e. The minimum atomic E-state index is 0.261. The Morgan fingerprint density at radius 1 is 1.41 bits per heavy atom. The van der Waals surface area contributed by atoms with Gasteiger partial charge in [-0.25, -0.2) is 4.98 Å². The number of nitrogens with zero attached hydrogens (tertiary/aromatic N) is 3. The molecule has 0 bridgehead atoms. The zero-order chi connectivity index (χ0) is 11.7. The quantitative estimate of drug-likeness (QED) is 0.865. The second-order valence-electron chi connectivity index (χ2n) is 4.63. The number of imidazole rings is 1. The molecule has 1 atom stereocenters. The number of likely N-dealkylation sites (tertiary alicyclic amines) is 1. The van der Waals surface area contributed by atoms with Crippen LogP contribution in [0.2, 0.25) is 0 Å². The van der Waals surface area contributed by atoms with Gasteiger partial charge in [-0.3, -0.25) is 4.90 Å². The summed E-state index contributed by atoms with van der Waals surface area (Å²) in [6.45, 7) is 2.21. The fraction of sp³-hybridized carbons (Fsp3) is 0.462. The van der Waals surface area contributed by atoms with Gasteiger partial charge < -0.3 is 9.51 Å². The summed E-state index contributed by atoms with van der Waals surface area (Å²) in [5.74, 6) is 0. The number of fused-ring (bicyclic) bond motifs is 1. The Kier molecular flexibility index (Phi) is 2.82. The molecule has 0 amide bonds. The summed E-state index contributed by atoms with van der Waals surface area (Å²) < 4.78 is 2.12. The summed E-state index contributed by atoms with van der Waals surface area (Å²) in [7, 11) is 0. The van der Waals surface area contributed by atoms with Crippen LogP contribution in [-0.4, -0.2) is 38.6 Å². The molecule has 0 aliphatic carbocycles. The Labute approximate surface area is 101 Å². The fourth-order valence-corrected chi connectivity index (χ4v) is 2.62. The van der Waals surface area contributed by atoms with Crippen LogP contribution in [0.3, 0.4) is 0 Å². The number of aliphatic hydroxyl groups excluding tert-OH is 1. The Balaban J connectivity index is 1.85. The number of rotatable bonds is 3. The van der Waals surface area contributed by atoms with Gasteiger partial charge in [0, 0.05) is 18.8 Å². The van der Waals surface area contributed by atoms with Gasteiger partial charge in [0.2, 0.25) is 0 Å². The van der Waals surface area contributed by atoms with Crippen LogP contribution < -0.4 is 0 Å². The zero-order valence-electron chi connectivity index (χ0n) is 9.79. The lowest BCUT2D eigenvalue weighted by Gasteiger charge is -2.22. The van der Waals surface area contributed by atoms with Gasteiger partial charge in [-0.2, -0.15) is 0 Å². The highest BCUT2D eigenvalue weighted by Crippen LogP contribution is 2.19. The third kappa shape index (κ3) is 1.94. The highest BCUT2D eigenvalue weighted by molar-refractivity contribution is 5.39. The third-order valence-electron chi connectivity index (χ3n) is 3.57. The monoisotopic (exact) mass is 231 g/mol. The van der Waals surface area contributed by atoms with E-state index in [-0.39, 0.29) is 6.61 Å². The van der Waals surface area contributed by atoms with Crippen molar-refractivity contribution in [1.29, 1.82) is 0 Å². The molecule has 3 rings (SSSR count). The van der Waals surface area contributed by atoms with E-state index < -0.39 is 0 Å². The van der Waals surface area contributed by atoms with Gasteiger partial charge in [-0.15, -0.1) is 0 Å². The molecule has 1 N–H and O–H groups in total. The molecule has 4 nitrogen and oxygen atoms in total. The molecule has 1 saturated heterocycles. The maximum Gasteiger partial charge on any atom is 0.136 e. The van der Waals surface area contributed by atoms with Crippen molar-refractivity contribution in [3.8, 4) is 0 Å². The first-order valence-electron chi connectivity index (χ1n) is 6.14. The molecular weight excluding hydrogens is 214 g/mol. The van der Waals surface area contributed by atoms with E-state index in [9.17, 15) is 5.11 Å². The van der Waals surface area contributed by atoms with Crippen molar-refractivity contribution in [2.45, 2.75) is 25.4 Å². The molecule has 0 spiro atoms. The zero-order valence-corrected chi connectivity index (χ0v) is 9.79. The van der Waals surface area contributed by atoms with Crippen molar-refractivity contribution in [3.63, 3.8) is 0 Å². The molecule has 2 aromatic rings. The van der Waals surface area contributed by atoms with Gasteiger partial charge in [0.05, 0.1) is 18.5 Å². The molecule has 3 heterocycles. The molecule has 17 heavy (non-hydrogen) atoms. The lowest BCUT2D eigenvalue weighted by atomic mass is 10.2. The molecule has 0 saturated carbocycles. The first kappa shape index (κ1) is 10.7. The van der Waals surface area contributed by atoms with Gasteiger partial charge in [0.15, 0.2) is 0 Å². The lowest BCUT2D eigenvalue weighted by Crippen LogP contribution is -2.31. The van der Waals surface area contributed by atoms with Crippen LogP contribution in [0.1, 0.15) is 18.5 Å². The van der Waals surface area contributed by atoms with E-state index in [0.717, 1.165) is 25.2 Å². The van der Waals surface area contributed by atoms with Crippen LogP contribution in [0.5, 0.6) is 0 Å². The smallest absolute Gasteiger partial charge is 0.136 e. The van der Waals surface area contributed by atoms with Gasteiger partial charge in [0.1, 0.15) is 5.65 Å². The Morgan fingerprint density at radius 3 is 3.24 bits per heavy atom. The largest absolute Gasteiger partial charge is 0.395 e. The number of hydrogen-bond donors (Lipinski definition) is 1. The molecule has 1 aliphatic rings. The first-order chi connectivity index (χ1) is 8.38. The van der Waals surface area contributed by atoms with Gasteiger partial charge >= 0.3 is 0 Å². The summed E-state index contributed by atoms with van der Waals surface area (Å²) in [5.41, 5.74) is 2.18. The summed E-state index contributed by atoms with van der Waals surface area (Å²) in [6, 6.07) is 6.35. The molecule has 90 valence electrons.